The molecule has 1 aliphatic carbocycles. The van der Waals surface area contributed by atoms with Crippen LogP contribution in [-0.2, 0) is 39.6 Å². The molecule has 0 radical (unpaired) electrons. The van der Waals surface area contributed by atoms with Gasteiger partial charge in [0.1, 0.15) is 0 Å². The molecule has 8 nitrogen and oxygen atoms in total. The van der Waals surface area contributed by atoms with Crippen LogP contribution in [0.1, 0.15) is 120 Å². The number of hydrogen-bond acceptors (Lipinski definition) is 8. The molecule has 1 aromatic heterocycles. The fraction of sp³-hybridized carbons (Fsp3) is 0.811. The molecular formula is C37H58O8S. The number of ether oxygens (including phenoxy) is 6. The average Bonchev–Trinajstić information content (AvgIpc) is 3.63. The van der Waals surface area contributed by atoms with Gasteiger partial charge in [-0.05, 0) is 113 Å². The number of rotatable bonds is 18. The Labute approximate surface area is 280 Å². The Bertz CT molecular complexity index is 1030. The fourth-order valence-corrected chi connectivity index (χ4v) is 8.27. The second-order valence-electron chi connectivity index (χ2n) is 13.7. The Kier molecular flexibility index (Phi) is 15.3. The molecular weight excluding hydrogens is 604 g/mol. The molecule has 4 heterocycles. The molecule has 0 bridgehead atoms. The lowest BCUT2D eigenvalue weighted by Gasteiger charge is -2.31. The summed E-state index contributed by atoms with van der Waals surface area (Å²) in [6, 6.07) is 2.24. The minimum absolute atomic E-state index is 0.00403. The molecule has 46 heavy (non-hydrogen) atoms. The van der Waals surface area contributed by atoms with Gasteiger partial charge in [-0.25, -0.2) is 0 Å². The quantitative estimate of drug-likeness (QED) is 0.124. The van der Waals surface area contributed by atoms with E-state index in [1.807, 2.05) is 0 Å². The van der Waals surface area contributed by atoms with Crippen molar-refractivity contribution in [3.05, 3.63) is 34.0 Å². The predicted molar refractivity (Wildman–Crippen MR) is 179 cm³/mol. The molecule has 3 aliphatic heterocycles. The second kappa shape index (κ2) is 19.6. The third kappa shape index (κ3) is 11.7. The molecule has 4 aliphatic rings. The summed E-state index contributed by atoms with van der Waals surface area (Å²) < 4.78 is 38.3. The zero-order valence-corrected chi connectivity index (χ0v) is 28.8. The largest absolute Gasteiger partial charge is 0.481 e. The Morgan fingerprint density at radius 2 is 1.57 bits per heavy atom. The van der Waals surface area contributed by atoms with Crippen molar-refractivity contribution in [3.63, 3.8) is 0 Å². The summed E-state index contributed by atoms with van der Waals surface area (Å²) in [5.74, 6) is -0.267. The first-order chi connectivity index (χ1) is 22.5. The summed E-state index contributed by atoms with van der Waals surface area (Å²) in [7, 11) is 0. The zero-order valence-electron chi connectivity index (χ0n) is 28.0. The summed E-state index contributed by atoms with van der Waals surface area (Å²) in [4.78, 5) is 12.4. The highest BCUT2D eigenvalue weighted by atomic mass is 32.1. The SMILES string of the molecule is Cc1sccc1CC[C@@H](C=C[C@H]1[C@@H](CCCCCCC(=O)O)[C@H](OC2CCCCO2)C[C@H]1OC1CCCCO1)OC1CCCCO1. The van der Waals surface area contributed by atoms with Crippen molar-refractivity contribution in [2.45, 2.75) is 160 Å². The molecule has 5 rings (SSSR count). The third-order valence-electron chi connectivity index (χ3n) is 10.1. The molecule has 8 atom stereocenters. The number of aryl methyl sites for hydroxylation is 2. The van der Waals surface area contributed by atoms with E-state index in [0.717, 1.165) is 129 Å². The van der Waals surface area contributed by atoms with Crippen molar-refractivity contribution in [2.24, 2.45) is 11.8 Å². The number of unbranched alkanes of at least 4 members (excludes halogenated alkanes) is 3. The number of carboxylic acid groups (broad SMARTS) is 1. The van der Waals surface area contributed by atoms with Gasteiger partial charge in [-0.3, -0.25) is 4.79 Å². The van der Waals surface area contributed by atoms with Crippen LogP contribution in [0.5, 0.6) is 0 Å². The van der Waals surface area contributed by atoms with Crippen molar-refractivity contribution in [1.29, 1.82) is 0 Å². The highest BCUT2D eigenvalue weighted by Gasteiger charge is 2.45. The summed E-state index contributed by atoms with van der Waals surface area (Å²) >= 11 is 1.81. The molecule has 1 N–H and O–H groups in total. The zero-order chi connectivity index (χ0) is 32.0. The Balaban J connectivity index is 1.32. The maximum atomic E-state index is 11.0. The molecule has 1 saturated carbocycles. The normalized spacial score (nSPS) is 31.4. The highest BCUT2D eigenvalue weighted by Crippen LogP contribution is 2.43. The molecule has 4 fully saturated rings. The number of hydrogen-bond donors (Lipinski definition) is 1. The van der Waals surface area contributed by atoms with E-state index in [1.165, 1.54) is 10.4 Å². The smallest absolute Gasteiger partial charge is 0.303 e. The van der Waals surface area contributed by atoms with Crippen molar-refractivity contribution >= 4 is 17.3 Å². The van der Waals surface area contributed by atoms with Crippen LogP contribution < -0.4 is 0 Å². The van der Waals surface area contributed by atoms with Gasteiger partial charge in [-0.2, -0.15) is 0 Å². The maximum Gasteiger partial charge on any atom is 0.303 e. The van der Waals surface area contributed by atoms with E-state index in [9.17, 15) is 4.79 Å². The fourth-order valence-electron chi connectivity index (χ4n) is 7.51. The molecule has 260 valence electrons. The van der Waals surface area contributed by atoms with Crippen molar-refractivity contribution in [2.75, 3.05) is 19.8 Å². The van der Waals surface area contributed by atoms with Crippen LogP contribution in [0.2, 0.25) is 0 Å². The number of carbonyl (C=O) groups is 1. The van der Waals surface area contributed by atoms with E-state index in [0.29, 0.717) is 0 Å². The summed E-state index contributed by atoms with van der Waals surface area (Å²) in [6.07, 6.45) is 21.4. The van der Waals surface area contributed by atoms with Crippen LogP contribution in [0, 0.1) is 18.8 Å². The molecule has 9 heteroatoms. The standard InChI is InChI=1S/C37H58O8S/c1-27-28(21-25-46-27)17-18-29(43-35-14-6-9-22-40-35)19-20-31-30(12-4-2-3-5-13-34(38)39)32(44-36-15-7-10-23-41-36)26-33(31)45-37-16-8-11-24-42-37/h19-21,25,29-33,35-37H,2-18,22-24,26H2,1H3,(H,38,39)/t29-,30+,31-,32+,33+,35?,36?,37?/m0/s1. The first-order valence-electron chi connectivity index (χ1n) is 18.3. The van der Waals surface area contributed by atoms with Gasteiger partial charge in [-0.15, -0.1) is 11.3 Å². The van der Waals surface area contributed by atoms with Crippen molar-refractivity contribution < 1.29 is 38.3 Å². The van der Waals surface area contributed by atoms with Gasteiger partial charge < -0.3 is 33.5 Å². The maximum absolute atomic E-state index is 11.0. The number of thiophene rings is 1. The van der Waals surface area contributed by atoms with E-state index in [2.05, 4.69) is 30.5 Å². The summed E-state index contributed by atoms with van der Waals surface area (Å²) in [5.41, 5.74) is 1.40. The van der Waals surface area contributed by atoms with Gasteiger partial charge in [0, 0.05) is 43.5 Å². The monoisotopic (exact) mass is 662 g/mol. The summed E-state index contributed by atoms with van der Waals surface area (Å²) in [5, 5.41) is 11.2. The first kappa shape index (κ1) is 36.0. The molecule has 3 unspecified atom stereocenters. The molecule has 0 aromatic carbocycles. The van der Waals surface area contributed by atoms with Crippen molar-refractivity contribution in [3.8, 4) is 0 Å². The average molecular weight is 663 g/mol. The third-order valence-corrected chi connectivity index (χ3v) is 11.0. The lowest BCUT2D eigenvalue weighted by atomic mass is 9.87. The van der Waals surface area contributed by atoms with Crippen LogP contribution in [0.25, 0.3) is 0 Å². The van der Waals surface area contributed by atoms with Crippen LogP contribution in [0.15, 0.2) is 23.6 Å². The predicted octanol–water partition coefficient (Wildman–Crippen LogP) is 8.34. The van der Waals surface area contributed by atoms with Crippen LogP contribution >= 0.6 is 11.3 Å². The lowest BCUT2D eigenvalue weighted by Crippen LogP contribution is -2.32. The van der Waals surface area contributed by atoms with E-state index in [1.54, 1.807) is 11.3 Å². The van der Waals surface area contributed by atoms with Gasteiger partial charge >= 0.3 is 5.97 Å². The van der Waals surface area contributed by atoms with E-state index in [-0.39, 0.29) is 55.4 Å². The van der Waals surface area contributed by atoms with E-state index < -0.39 is 5.97 Å². The van der Waals surface area contributed by atoms with Gasteiger partial charge in [0.05, 0.1) is 18.3 Å². The number of aliphatic carboxylic acids is 1. The summed E-state index contributed by atoms with van der Waals surface area (Å²) in [6.45, 7) is 4.48. The minimum atomic E-state index is -0.712. The van der Waals surface area contributed by atoms with Crippen LogP contribution in [0.3, 0.4) is 0 Å². The topological polar surface area (TPSA) is 92.7 Å². The highest BCUT2D eigenvalue weighted by molar-refractivity contribution is 7.10. The Hall–Kier alpha value is -1.33. The minimum Gasteiger partial charge on any atom is -0.481 e. The number of carboxylic acids is 1. The van der Waals surface area contributed by atoms with Crippen molar-refractivity contribution in [1.82, 2.24) is 0 Å². The Morgan fingerprint density at radius 3 is 2.17 bits per heavy atom. The molecule has 1 aromatic rings. The second-order valence-corrected chi connectivity index (χ2v) is 14.8. The molecule has 3 saturated heterocycles. The van der Waals surface area contributed by atoms with Gasteiger partial charge in [0.15, 0.2) is 18.9 Å². The van der Waals surface area contributed by atoms with Crippen LogP contribution in [0.4, 0.5) is 0 Å². The first-order valence-corrected chi connectivity index (χ1v) is 19.2. The molecule has 0 amide bonds. The van der Waals surface area contributed by atoms with Gasteiger partial charge in [0.2, 0.25) is 0 Å². The molecule has 0 spiro atoms. The van der Waals surface area contributed by atoms with Gasteiger partial charge in [0.25, 0.3) is 0 Å². The van der Waals surface area contributed by atoms with Gasteiger partial charge in [-0.1, -0.05) is 31.4 Å². The Morgan fingerprint density at radius 1 is 0.913 bits per heavy atom. The van der Waals surface area contributed by atoms with E-state index >= 15 is 0 Å². The van der Waals surface area contributed by atoms with Crippen LogP contribution in [-0.4, -0.2) is 68.1 Å². The van der Waals surface area contributed by atoms with E-state index in [4.69, 9.17) is 33.5 Å². The lowest BCUT2D eigenvalue weighted by molar-refractivity contribution is -0.204.